The van der Waals surface area contributed by atoms with Gasteiger partial charge in [0.15, 0.2) is 0 Å². The molecule has 0 aliphatic heterocycles. The molecule has 4 heteroatoms. The van der Waals surface area contributed by atoms with Gasteiger partial charge in [0.2, 0.25) is 0 Å². The van der Waals surface area contributed by atoms with E-state index in [0.717, 1.165) is 5.56 Å². The fourth-order valence-corrected chi connectivity index (χ4v) is 7.77. The Kier molecular flexibility index (Phi) is 4.57. The van der Waals surface area contributed by atoms with Crippen molar-refractivity contribution in [1.82, 2.24) is 4.98 Å². The lowest BCUT2D eigenvalue weighted by atomic mass is 9.94. The molecule has 2 aromatic rings. The summed E-state index contributed by atoms with van der Waals surface area (Å²) in [7, 11) is -3.62. The zero-order valence-corrected chi connectivity index (χ0v) is 18.3. The summed E-state index contributed by atoms with van der Waals surface area (Å²) in [5.41, 5.74) is 0.198. The molecule has 25 heavy (non-hydrogen) atoms. The Balaban J connectivity index is 2.74. The van der Waals surface area contributed by atoms with Gasteiger partial charge in [-0.05, 0) is 36.1 Å². The van der Waals surface area contributed by atoms with Crippen molar-refractivity contribution in [2.45, 2.75) is 63.9 Å². The largest absolute Gasteiger partial charge is 0.256 e. The molecule has 136 valence electrons. The summed E-state index contributed by atoms with van der Waals surface area (Å²) in [6, 6.07) is 12.1. The van der Waals surface area contributed by atoms with Crippen LogP contribution in [0.5, 0.6) is 0 Å². The van der Waals surface area contributed by atoms with Crippen LogP contribution in [0.2, 0.25) is 51.4 Å². The maximum atomic E-state index is 16.8. The number of aryl methyl sites for hydroxylation is 1. The molecule has 0 aliphatic carbocycles. The number of nitrogens with zero attached hydrogens (tertiary/aromatic N) is 1. The quantitative estimate of drug-likeness (QED) is 0.500. The molecule has 0 atom stereocenters. The molecule has 0 fully saturated rings. The first-order valence-corrected chi connectivity index (χ1v) is 16.3. The number of aromatic nitrogens is 1. The molecule has 0 saturated heterocycles. The molecule has 1 aromatic carbocycles. The van der Waals surface area contributed by atoms with Gasteiger partial charge in [-0.25, -0.2) is 4.39 Å². The molecule has 0 unspecified atom stereocenters. The van der Waals surface area contributed by atoms with E-state index in [-0.39, 0.29) is 5.56 Å². The van der Waals surface area contributed by atoms with E-state index in [1.807, 2.05) is 30.3 Å². The number of rotatable bonds is 6. The van der Waals surface area contributed by atoms with E-state index < -0.39 is 28.7 Å². The van der Waals surface area contributed by atoms with Crippen LogP contribution in [-0.4, -0.2) is 21.1 Å². The first-order valence-electron chi connectivity index (χ1n) is 10.4. The van der Waals surface area contributed by atoms with Crippen LogP contribution in [-0.2, 0) is 5.67 Å². The molecular weight excluding hydrogens is 341 g/mol. The molecule has 0 radical (unpaired) electrons. The number of benzene rings is 1. The average molecular weight is 377 g/mol. The summed E-state index contributed by atoms with van der Waals surface area (Å²) in [6.07, 6.45) is 1.37. The molecule has 0 N–H and O–H groups in total. The number of halogens is 1. The van der Waals surface area contributed by atoms with Crippen molar-refractivity contribution in [3.8, 4) is 11.3 Å². The summed E-state index contributed by atoms with van der Waals surface area (Å²) in [5, 5.41) is 0. The Bertz CT molecular complexity index is 793. The molecule has 1 aromatic heterocycles. The average Bonchev–Trinajstić information content (AvgIpc) is 2.50. The molecule has 0 saturated carbocycles. The van der Waals surface area contributed by atoms with Crippen molar-refractivity contribution < 1.29 is 8.50 Å². The van der Waals surface area contributed by atoms with Crippen LogP contribution in [0.15, 0.2) is 42.6 Å². The van der Waals surface area contributed by atoms with E-state index >= 15 is 4.39 Å². The minimum atomic E-state index is -2.40. The lowest BCUT2D eigenvalue weighted by Gasteiger charge is -2.36. The van der Waals surface area contributed by atoms with Crippen LogP contribution in [0.25, 0.3) is 11.3 Å². The highest BCUT2D eigenvalue weighted by atomic mass is 28.3. The number of hydrogen-bond acceptors (Lipinski definition) is 1. The van der Waals surface area contributed by atoms with Crippen molar-refractivity contribution >= 4 is 16.1 Å². The van der Waals surface area contributed by atoms with Crippen LogP contribution in [0.4, 0.5) is 4.39 Å². The fourth-order valence-electron chi connectivity index (χ4n) is 3.53. The Morgan fingerprint density at radius 2 is 1.56 bits per heavy atom. The minimum absolute atomic E-state index is 0.0474. The zero-order chi connectivity index (χ0) is 21.4. The van der Waals surface area contributed by atoms with Crippen molar-refractivity contribution in [2.24, 2.45) is 0 Å². The topological polar surface area (TPSA) is 12.9 Å². The monoisotopic (exact) mass is 376 g/mol. The van der Waals surface area contributed by atoms with Gasteiger partial charge in [0.05, 0.1) is 5.69 Å². The van der Waals surface area contributed by atoms with E-state index in [0.29, 0.717) is 23.3 Å². The molecule has 1 heterocycles. The lowest BCUT2D eigenvalue weighted by molar-refractivity contribution is 0.214. The summed E-state index contributed by atoms with van der Waals surface area (Å²) in [5.74, 6) is 0. The summed E-state index contributed by atoms with van der Waals surface area (Å²) < 4.78 is 40.7. The van der Waals surface area contributed by atoms with E-state index in [9.17, 15) is 0 Å². The first kappa shape index (κ1) is 15.9. The lowest BCUT2D eigenvalue weighted by Crippen LogP contribution is -2.39. The van der Waals surface area contributed by atoms with Crippen molar-refractivity contribution in [1.29, 1.82) is 0 Å². The van der Waals surface area contributed by atoms with Crippen molar-refractivity contribution in [3.63, 3.8) is 0 Å². The maximum absolute atomic E-state index is 16.8. The summed E-state index contributed by atoms with van der Waals surface area (Å²) in [6.45, 7) is 10.4. The molecule has 0 bridgehead atoms. The summed E-state index contributed by atoms with van der Waals surface area (Å²) >= 11 is 0. The standard InChI is InChI=1S/C21H32FNSi2/c1-17-14-23-20(18-11-9-8-10-12-18)13-19(17)21(22,15-24(2,3)4)16-25(5,6)7/h8-14H,15-16H2,1-7H3/i1D3. The number of alkyl halides is 1. The van der Waals surface area contributed by atoms with Crippen LogP contribution in [0.1, 0.15) is 15.2 Å². The zero-order valence-electron chi connectivity index (χ0n) is 19.3. The molecule has 0 aliphatic rings. The molecule has 0 spiro atoms. The molecule has 1 nitrogen and oxygen atoms in total. The predicted octanol–water partition coefficient (Wildman–Crippen LogP) is 6.90. The van der Waals surface area contributed by atoms with E-state index in [4.69, 9.17) is 4.11 Å². The van der Waals surface area contributed by atoms with Crippen LogP contribution >= 0.6 is 0 Å². The Hall–Kier alpha value is -1.27. The molecule has 0 amide bonds. The van der Waals surface area contributed by atoms with E-state index in [1.54, 1.807) is 6.07 Å². The van der Waals surface area contributed by atoms with Gasteiger partial charge in [0.25, 0.3) is 0 Å². The third-order valence-corrected chi connectivity index (χ3v) is 7.32. The van der Waals surface area contributed by atoms with Gasteiger partial charge >= 0.3 is 0 Å². The van der Waals surface area contributed by atoms with Crippen molar-refractivity contribution in [2.75, 3.05) is 0 Å². The van der Waals surface area contributed by atoms with Gasteiger partial charge in [-0.3, -0.25) is 4.98 Å². The Labute approximate surface area is 158 Å². The first-order chi connectivity index (χ1) is 12.6. The van der Waals surface area contributed by atoms with Crippen LogP contribution < -0.4 is 0 Å². The van der Waals surface area contributed by atoms with Crippen LogP contribution in [0, 0.1) is 6.85 Å². The smallest absolute Gasteiger partial charge is 0.131 e. The fraction of sp³-hybridized carbons (Fsp3) is 0.476. The highest BCUT2D eigenvalue weighted by Crippen LogP contribution is 2.44. The van der Waals surface area contributed by atoms with Gasteiger partial charge in [0.1, 0.15) is 5.67 Å². The Morgan fingerprint density at radius 1 is 1.00 bits per heavy atom. The number of hydrogen-bond donors (Lipinski definition) is 0. The van der Waals surface area contributed by atoms with Gasteiger partial charge in [-0.1, -0.05) is 69.6 Å². The minimum Gasteiger partial charge on any atom is -0.256 e. The number of pyridine rings is 1. The normalized spacial score (nSPS) is 15.4. The van der Waals surface area contributed by atoms with Gasteiger partial charge < -0.3 is 0 Å². The molecule has 2 rings (SSSR count). The maximum Gasteiger partial charge on any atom is 0.131 e. The summed E-state index contributed by atoms with van der Waals surface area (Å²) in [4.78, 5) is 4.38. The Morgan fingerprint density at radius 3 is 2.04 bits per heavy atom. The van der Waals surface area contributed by atoms with Gasteiger partial charge in [-0.2, -0.15) is 0 Å². The van der Waals surface area contributed by atoms with Gasteiger partial charge in [0, 0.05) is 32.0 Å². The van der Waals surface area contributed by atoms with E-state index in [2.05, 4.69) is 44.3 Å². The van der Waals surface area contributed by atoms with E-state index in [1.165, 1.54) is 6.20 Å². The second-order valence-corrected chi connectivity index (χ2v) is 20.4. The molecular formula is C21H32FNSi2. The second-order valence-electron chi connectivity index (χ2n) is 9.42. The highest BCUT2D eigenvalue weighted by Gasteiger charge is 2.41. The second kappa shape index (κ2) is 7.16. The third-order valence-electron chi connectivity index (χ3n) is 4.08. The van der Waals surface area contributed by atoms with Crippen molar-refractivity contribution in [3.05, 3.63) is 53.7 Å². The predicted molar refractivity (Wildman–Crippen MR) is 114 cm³/mol. The highest BCUT2D eigenvalue weighted by molar-refractivity contribution is 6.78. The van der Waals surface area contributed by atoms with Gasteiger partial charge in [-0.15, -0.1) is 0 Å². The SMILES string of the molecule is [2H]C([2H])([2H])c1cnc(-c2ccccc2)cc1C(F)(C[Si](C)(C)C)C[Si](C)(C)C. The van der Waals surface area contributed by atoms with Crippen LogP contribution in [0.3, 0.4) is 0 Å². The third kappa shape index (κ3) is 5.61.